The standard InChI is InChI=1S/C14H12ClNO/c1-9-3-4-11(8-13(9)15)14(17)12-5-6-16-10(2)7-12/h3-8H,1-2H3. The highest BCUT2D eigenvalue weighted by Gasteiger charge is 2.10. The lowest BCUT2D eigenvalue weighted by molar-refractivity contribution is 0.103. The van der Waals surface area contributed by atoms with Crippen LogP contribution in [0.1, 0.15) is 27.2 Å². The fraction of sp³-hybridized carbons (Fsp3) is 0.143. The topological polar surface area (TPSA) is 30.0 Å². The lowest BCUT2D eigenvalue weighted by Gasteiger charge is -2.04. The van der Waals surface area contributed by atoms with E-state index in [-0.39, 0.29) is 5.78 Å². The lowest BCUT2D eigenvalue weighted by Crippen LogP contribution is -2.02. The van der Waals surface area contributed by atoms with Crippen LogP contribution >= 0.6 is 11.6 Å². The molecule has 0 aliphatic carbocycles. The molecule has 1 aromatic carbocycles. The van der Waals surface area contributed by atoms with E-state index in [1.165, 1.54) is 0 Å². The number of pyridine rings is 1. The molecular weight excluding hydrogens is 234 g/mol. The van der Waals surface area contributed by atoms with Crippen molar-refractivity contribution in [2.75, 3.05) is 0 Å². The summed E-state index contributed by atoms with van der Waals surface area (Å²) in [5.41, 5.74) is 3.03. The van der Waals surface area contributed by atoms with Crippen LogP contribution in [0.2, 0.25) is 5.02 Å². The molecule has 0 unspecified atom stereocenters. The van der Waals surface area contributed by atoms with Crippen molar-refractivity contribution in [1.29, 1.82) is 0 Å². The maximum Gasteiger partial charge on any atom is 0.193 e. The predicted molar refractivity (Wildman–Crippen MR) is 68.6 cm³/mol. The Bertz CT molecular complexity index is 578. The molecule has 86 valence electrons. The third kappa shape index (κ3) is 2.53. The van der Waals surface area contributed by atoms with Crippen molar-refractivity contribution in [3.63, 3.8) is 0 Å². The summed E-state index contributed by atoms with van der Waals surface area (Å²) in [4.78, 5) is 16.2. The van der Waals surface area contributed by atoms with Crippen molar-refractivity contribution in [3.05, 3.63) is 63.9 Å². The average Bonchev–Trinajstić information content (AvgIpc) is 2.32. The second-order valence-electron chi connectivity index (χ2n) is 3.98. The van der Waals surface area contributed by atoms with E-state index in [1.807, 2.05) is 19.9 Å². The van der Waals surface area contributed by atoms with Crippen molar-refractivity contribution in [2.24, 2.45) is 0 Å². The predicted octanol–water partition coefficient (Wildman–Crippen LogP) is 3.58. The summed E-state index contributed by atoms with van der Waals surface area (Å²) >= 11 is 6.01. The first kappa shape index (κ1) is 11.8. The normalized spacial score (nSPS) is 10.3. The van der Waals surface area contributed by atoms with Crippen molar-refractivity contribution in [1.82, 2.24) is 4.98 Å². The monoisotopic (exact) mass is 245 g/mol. The van der Waals surface area contributed by atoms with Gasteiger partial charge < -0.3 is 0 Å². The quantitative estimate of drug-likeness (QED) is 0.757. The number of carbonyl (C=O) groups is 1. The molecule has 2 aromatic rings. The third-order valence-electron chi connectivity index (χ3n) is 2.59. The number of aryl methyl sites for hydroxylation is 2. The van der Waals surface area contributed by atoms with Crippen LogP contribution in [0.4, 0.5) is 0 Å². The molecule has 0 aliphatic rings. The molecule has 1 heterocycles. The van der Waals surface area contributed by atoms with Gasteiger partial charge in [-0.3, -0.25) is 9.78 Å². The van der Waals surface area contributed by atoms with Crippen molar-refractivity contribution >= 4 is 17.4 Å². The zero-order valence-electron chi connectivity index (χ0n) is 9.70. The van der Waals surface area contributed by atoms with Gasteiger partial charge in [0.05, 0.1) is 0 Å². The molecule has 0 N–H and O–H groups in total. The van der Waals surface area contributed by atoms with Gasteiger partial charge in [0, 0.05) is 28.0 Å². The fourth-order valence-electron chi connectivity index (χ4n) is 1.59. The highest BCUT2D eigenvalue weighted by Crippen LogP contribution is 2.19. The maximum absolute atomic E-state index is 12.2. The molecule has 0 saturated heterocycles. The van der Waals surface area contributed by atoms with E-state index in [1.54, 1.807) is 30.5 Å². The smallest absolute Gasteiger partial charge is 0.193 e. The Kier molecular flexibility index (Phi) is 3.25. The highest BCUT2D eigenvalue weighted by atomic mass is 35.5. The number of carbonyl (C=O) groups excluding carboxylic acids is 1. The zero-order chi connectivity index (χ0) is 12.4. The Balaban J connectivity index is 2.40. The molecule has 0 spiro atoms. The Morgan fingerprint density at radius 1 is 1.12 bits per heavy atom. The van der Waals surface area contributed by atoms with Crippen LogP contribution in [0.15, 0.2) is 36.5 Å². The van der Waals surface area contributed by atoms with Crippen LogP contribution in [-0.2, 0) is 0 Å². The maximum atomic E-state index is 12.2. The molecule has 2 rings (SSSR count). The summed E-state index contributed by atoms with van der Waals surface area (Å²) in [6.07, 6.45) is 1.64. The fourth-order valence-corrected chi connectivity index (χ4v) is 1.77. The van der Waals surface area contributed by atoms with Gasteiger partial charge in [-0.15, -0.1) is 0 Å². The van der Waals surface area contributed by atoms with Crippen molar-refractivity contribution < 1.29 is 4.79 Å². The number of hydrogen-bond donors (Lipinski definition) is 0. The zero-order valence-corrected chi connectivity index (χ0v) is 10.5. The number of benzene rings is 1. The van der Waals surface area contributed by atoms with Gasteiger partial charge in [0.25, 0.3) is 0 Å². The Morgan fingerprint density at radius 3 is 2.47 bits per heavy atom. The van der Waals surface area contributed by atoms with E-state index in [4.69, 9.17) is 11.6 Å². The molecule has 0 bridgehead atoms. The van der Waals surface area contributed by atoms with Gasteiger partial charge in [0.1, 0.15) is 0 Å². The van der Waals surface area contributed by atoms with Crippen LogP contribution < -0.4 is 0 Å². The minimum absolute atomic E-state index is 0.0302. The minimum atomic E-state index is -0.0302. The molecule has 0 aliphatic heterocycles. The third-order valence-corrected chi connectivity index (χ3v) is 3.00. The Hall–Kier alpha value is -1.67. The van der Waals surface area contributed by atoms with Gasteiger partial charge in [0.2, 0.25) is 0 Å². The van der Waals surface area contributed by atoms with Gasteiger partial charge in [-0.05, 0) is 37.6 Å². The summed E-state index contributed by atoms with van der Waals surface area (Å²) in [6, 6.07) is 8.83. The van der Waals surface area contributed by atoms with Crippen LogP contribution in [0.25, 0.3) is 0 Å². The number of ketones is 1. The van der Waals surface area contributed by atoms with Crippen molar-refractivity contribution in [3.8, 4) is 0 Å². The van der Waals surface area contributed by atoms with E-state index in [2.05, 4.69) is 4.98 Å². The largest absolute Gasteiger partial charge is 0.289 e. The first-order valence-electron chi connectivity index (χ1n) is 5.31. The van der Waals surface area contributed by atoms with Crippen molar-refractivity contribution in [2.45, 2.75) is 13.8 Å². The molecular formula is C14H12ClNO. The van der Waals surface area contributed by atoms with E-state index >= 15 is 0 Å². The van der Waals surface area contributed by atoms with Gasteiger partial charge in [-0.1, -0.05) is 23.7 Å². The summed E-state index contributed by atoms with van der Waals surface area (Å²) < 4.78 is 0. The van der Waals surface area contributed by atoms with E-state index in [9.17, 15) is 4.79 Å². The Labute approximate surface area is 105 Å². The summed E-state index contributed by atoms with van der Waals surface area (Å²) in [5.74, 6) is -0.0302. The molecule has 0 amide bonds. The molecule has 0 radical (unpaired) electrons. The number of nitrogens with zero attached hydrogens (tertiary/aromatic N) is 1. The first-order valence-corrected chi connectivity index (χ1v) is 5.69. The van der Waals surface area contributed by atoms with E-state index < -0.39 is 0 Å². The number of hydrogen-bond acceptors (Lipinski definition) is 2. The molecule has 3 heteroatoms. The second kappa shape index (κ2) is 4.68. The second-order valence-corrected chi connectivity index (χ2v) is 4.39. The molecule has 1 aromatic heterocycles. The average molecular weight is 246 g/mol. The summed E-state index contributed by atoms with van der Waals surface area (Å²) in [7, 11) is 0. The molecule has 17 heavy (non-hydrogen) atoms. The number of rotatable bonds is 2. The number of aromatic nitrogens is 1. The van der Waals surface area contributed by atoms with Gasteiger partial charge in [0.15, 0.2) is 5.78 Å². The highest BCUT2D eigenvalue weighted by molar-refractivity contribution is 6.31. The summed E-state index contributed by atoms with van der Waals surface area (Å²) in [6.45, 7) is 3.77. The number of halogens is 1. The molecule has 0 saturated carbocycles. The van der Waals surface area contributed by atoms with Crippen LogP contribution in [0, 0.1) is 13.8 Å². The van der Waals surface area contributed by atoms with E-state index in [0.717, 1.165) is 11.3 Å². The Morgan fingerprint density at radius 2 is 1.82 bits per heavy atom. The summed E-state index contributed by atoms with van der Waals surface area (Å²) in [5, 5.41) is 0.613. The SMILES string of the molecule is Cc1cc(C(=O)c2ccc(C)c(Cl)c2)ccn1. The minimum Gasteiger partial charge on any atom is -0.289 e. The van der Waals surface area contributed by atoms with Gasteiger partial charge in [-0.25, -0.2) is 0 Å². The lowest BCUT2D eigenvalue weighted by atomic mass is 10.0. The van der Waals surface area contributed by atoms with Crippen LogP contribution in [-0.4, -0.2) is 10.8 Å². The first-order chi connectivity index (χ1) is 8.08. The molecule has 0 atom stereocenters. The van der Waals surface area contributed by atoms with Gasteiger partial charge in [-0.2, -0.15) is 0 Å². The van der Waals surface area contributed by atoms with Crippen LogP contribution in [0.3, 0.4) is 0 Å². The van der Waals surface area contributed by atoms with E-state index in [0.29, 0.717) is 16.1 Å². The van der Waals surface area contributed by atoms with Gasteiger partial charge >= 0.3 is 0 Å². The van der Waals surface area contributed by atoms with Crippen LogP contribution in [0.5, 0.6) is 0 Å². The molecule has 2 nitrogen and oxygen atoms in total. The molecule has 0 fully saturated rings.